The maximum absolute atomic E-state index is 14.0. The van der Waals surface area contributed by atoms with Gasteiger partial charge in [0.2, 0.25) is 5.95 Å². The van der Waals surface area contributed by atoms with Gasteiger partial charge in [-0.25, -0.2) is 18.4 Å². The Bertz CT molecular complexity index is 616. The van der Waals surface area contributed by atoms with Crippen molar-refractivity contribution in [1.82, 2.24) is 14.6 Å². The lowest BCUT2D eigenvalue weighted by atomic mass is 10.3. The molecule has 0 bridgehead atoms. The molecule has 2 N–H and O–H groups in total. The third kappa shape index (κ3) is 1.90. The first-order valence-electron chi connectivity index (χ1n) is 6.13. The standard InChI is InChI=1S/C12H15F2N5/c1-17-4-6-18(7-5-17)19-11-9(16-12(19)15)3-2-8(13)10(11)14/h2-3H,4-7H2,1H3,(H2,15,16). The lowest BCUT2D eigenvalue weighted by molar-refractivity contribution is 0.289. The minimum atomic E-state index is -0.902. The molecule has 1 saturated heterocycles. The Morgan fingerprint density at radius 3 is 2.53 bits per heavy atom. The Hall–Kier alpha value is -1.89. The highest BCUT2D eigenvalue weighted by Gasteiger charge is 2.22. The fraction of sp³-hybridized carbons (Fsp3) is 0.417. The molecule has 0 saturated carbocycles. The molecule has 1 aromatic carbocycles. The number of hydrogen-bond donors (Lipinski definition) is 1. The van der Waals surface area contributed by atoms with E-state index < -0.39 is 11.6 Å². The van der Waals surface area contributed by atoms with Crippen LogP contribution in [-0.4, -0.2) is 47.8 Å². The van der Waals surface area contributed by atoms with Gasteiger partial charge in [-0.15, -0.1) is 0 Å². The number of nitrogens with two attached hydrogens (primary N) is 1. The van der Waals surface area contributed by atoms with Crippen LogP contribution >= 0.6 is 0 Å². The van der Waals surface area contributed by atoms with Gasteiger partial charge in [0.05, 0.1) is 5.52 Å². The first-order chi connectivity index (χ1) is 9.08. The van der Waals surface area contributed by atoms with Crippen molar-refractivity contribution in [2.45, 2.75) is 0 Å². The van der Waals surface area contributed by atoms with Crippen molar-refractivity contribution in [3.8, 4) is 0 Å². The summed E-state index contributed by atoms with van der Waals surface area (Å²) in [5.41, 5.74) is 6.33. The number of likely N-dealkylation sites (N-methyl/N-ethyl adjacent to an activating group) is 1. The number of imidazole rings is 1. The molecule has 2 heterocycles. The molecular formula is C12H15F2N5. The minimum absolute atomic E-state index is 0.113. The van der Waals surface area contributed by atoms with Crippen LogP contribution < -0.4 is 10.7 Å². The maximum atomic E-state index is 14.0. The van der Waals surface area contributed by atoms with E-state index in [4.69, 9.17) is 5.73 Å². The van der Waals surface area contributed by atoms with Gasteiger partial charge in [0.1, 0.15) is 5.52 Å². The van der Waals surface area contributed by atoms with Crippen molar-refractivity contribution < 1.29 is 8.78 Å². The van der Waals surface area contributed by atoms with Crippen LogP contribution in [0, 0.1) is 11.6 Å². The summed E-state index contributed by atoms with van der Waals surface area (Å²) in [4.78, 5) is 6.26. The van der Waals surface area contributed by atoms with Gasteiger partial charge in [-0.1, -0.05) is 0 Å². The van der Waals surface area contributed by atoms with Gasteiger partial charge < -0.3 is 15.6 Å². The number of benzene rings is 1. The molecule has 0 amide bonds. The number of anilines is 1. The topological polar surface area (TPSA) is 50.3 Å². The van der Waals surface area contributed by atoms with E-state index >= 15 is 0 Å². The van der Waals surface area contributed by atoms with E-state index in [2.05, 4.69) is 9.88 Å². The fourth-order valence-corrected chi connectivity index (χ4v) is 2.39. The number of nitrogens with zero attached hydrogens (tertiary/aromatic N) is 4. The van der Waals surface area contributed by atoms with Crippen molar-refractivity contribution in [2.75, 3.05) is 44.0 Å². The third-order valence-electron chi connectivity index (χ3n) is 3.47. The van der Waals surface area contributed by atoms with Gasteiger partial charge in [-0.05, 0) is 19.2 Å². The largest absolute Gasteiger partial charge is 0.368 e. The third-order valence-corrected chi connectivity index (χ3v) is 3.47. The molecule has 0 atom stereocenters. The molecule has 0 radical (unpaired) electrons. The highest BCUT2D eigenvalue weighted by atomic mass is 19.2. The van der Waals surface area contributed by atoms with E-state index in [9.17, 15) is 8.78 Å². The summed E-state index contributed by atoms with van der Waals surface area (Å²) < 4.78 is 28.8. The molecule has 3 rings (SSSR count). The van der Waals surface area contributed by atoms with Crippen molar-refractivity contribution in [3.63, 3.8) is 0 Å². The van der Waals surface area contributed by atoms with E-state index in [0.717, 1.165) is 19.2 Å². The molecule has 102 valence electrons. The Morgan fingerprint density at radius 2 is 1.84 bits per heavy atom. The van der Waals surface area contributed by atoms with Gasteiger partial charge >= 0.3 is 0 Å². The van der Waals surface area contributed by atoms with Gasteiger partial charge in [0, 0.05) is 26.2 Å². The second kappa shape index (κ2) is 4.34. The lowest BCUT2D eigenvalue weighted by Gasteiger charge is -2.35. The van der Waals surface area contributed by atoms with E-state index in [1.54, 1.807) is 0 Å². The molecule has 1 fully saturated rings. The summed E-state index contributed by atoms with van der Waals surface area (Å²) in [5.74, 6) is -1.60. The highest BCUT2D eigenvalue weighted by Crippen LogP contribution is 2.23. The van der Waals surface area contributed by atoms with Crippen LogP contribution in [0.2, 0.25) is 0 Å². The molecular weight excluding hydrogens is 252 g/mol. The molecule has 2 aromatic rings. The zero-order chi connectivity index (χ0) is 13.6. The van der Waals surface area contributed by atoms with Crippen LogP contribution in [0.15, 0.2) is 12.1 Å². The van der Waals surface area contributed by atoms with Crippen LogP contribution in [0.3, 0.4) is 0 Å². The van der Waals surface area contributed by atoms with Crippen LogP contribution in [0.25, 0.3) is 11.0 Å². The summed E-state index contributed by atoms with van der Waals surface area (Å²) in [5, 5.41) is 1.90. The number of fused-ring (bicyclic) bond motifs is 1. The van der Waals surface area contributed by atoms with Crippen LogP contribution in [-0.2, 0) is 0 Å². The molecule has 0 spiro atoms. The van der Waals surface area contributed by atoms with Gasteiger partial charge in [-0.3, -0.25) is 0 Å². The average molecular weight is 267 g/mol. The van der Waals surface area contributed by atoms with Gasteiger partial charge in [-0.2, -0.15) is 0 Å². The average Bonchev–Trinajstić information content (AvgIpc) is 2.72. The molecule has 7 heteroatoms. The van der Waals surface area contributed by atoms with E-state index in [1.165, 1.54) is 10.7 Å². The first kappa shape index (κ1) is 12.2. The number of nitrogen functional groups attached to an aromatic ring is 1. The SMILES string of the molecule is CN1CCN(n2c(N)nc3ccc(F)c(F)c32)CC1. The van der Waals surface area contributed by atoms with E-state index in [-0.39, 0.29) is 11.5 Å². The molecule has 0 aliphatic carbocycles. The summed E-state index contributed by atoms with van der Waals surface area (Å²) >= 11 is 0. The quantitative estimate of drug-likeness (QED) is 0.829. The number of aromatic nitrogens is 2. The molecule has 0 unspecified atom stereocenters. The number of rotatable bonds is 1. The normalized spacial score (nSPS) is 17.3. The smallest absolute Gasteiger partial charge is 0.220 e. The van der Waals surface area contributed by atoms with Crippen molar-refractivity contribution in [3.05, 3.63) is 23.8 Å². The number of halogens is 2. The Labute approximate surface area is 109 Å². The number of hydrogen-bond acceptors (Lipinski definition) is 4. The summed E-state index contributed by atoms with van der Waals surface area (Å²) in [6, 6.07) is 2.51. The maximum Gasteiger partial charge on any atom is 0.220 e. The van der Waals surface area contributed by atoms with Crippen molar-refractivity contribution >= 4 is 17.0 Å². The number of piperazine rings is 1. The van der Waals surface area contributed by atoms with E-state index in [1.807, 2.05) is 12.1 Å². The van der Waals surface area contributed by atoms with Gasteiger partial charge in [0.25, 0.3) is 0 Å². The lowest BCUT2D eigenvalue weighted by Crippen LogP contribution is -2.50. The highest BCUT2D eigenvalue weighted by molar-refractivity contribution is 5.79. The van der Waals surface area contributed by atoms with Gasteiger partial charge in [0.15, 0.2) is 11.6 Å². The Kier molecular flexibility index (Phi) is 2.78. The van der Waals surface area contributed by atoms with Crippen LogP contribution in [0.5, 0.6) is 0 Å². The molecule has 1 aliphatic rings. The minimum Gasteiger partial charge on any atom is -0.368 e. The van der Waals surface area contributed by atoms with E-state index in [0.29, 0.717) is 18.6 Å². The Balaban J connectivity index is 2.12. The summed E-state index contributed by atoms with van der Waals surface area (Å²) in [6.07, 6.45) is 0. The zero-order valence-corrected chi connectivity index (χ0v) is 10.6. The molecule has 1 aliphatic heterocycles. The Morgan fingerprint density at radius 1 is 1.16 bits per heavy atom. The second-order valence-electron chi connectivity index (χ2n) is 4.77. The zero-order valence-electron chi connectivity index (χ0n) is 10.6. The van der Waals surface area contributed by atoms with Crippen molar-refractivity contribution in [1.29, 1.82) is 0 Å². The predicted octanol–water partition coefficient (Wildman–Crippen LogP) is 0.780. The predicted molar refractivity (Wildman–Crippen MR) is 69.5 cm³/mol. The van der Waals surface area contributed by atoms with Crippen LogP contribution in [0.1, 0.15) is 0 Å². The molecule has 1 aromatic heterocycles. The summed E-state index contributed by atoms with van der Waals surface area (Å²) in [7, 11) is 2.02. The monoisotopic (exact) mass is 267 g/mol. The molecule has 5 nitrogen and oxygen atoms in total. The first-order valence-corrected chi connectivity index (χ1v) is 6.13. The fourth-order valence-electron chi connectivity index (χ4n) is 2.39. The van der Waals surface area contributed by atoms with Crippen molar-refractivity contribution in [2.24, 2.45) is 0 Å². The van der Waals surface area contributed by atoms with Crippen LogP contribution in [0.4, 0.5) is 14.7 Å². The second-order valence-corrected chi connectivity index (χ2v) is 4.77. The summed E-state index contributed by atoms with van der Waals surface area (Å²) in [6.45, 7) is 3.08. The molecule has 19 heavy (non-hydrogen) atoms.